The van der Waals surface area contributed by atoms with E-state index in [4.69, 9.17) is 4.98 Å². The molecule has 0 aliphatic carbocycles. The summed E-state index contributed by atoms with van der Waals surface area (Å²) in [4.78, 5) is 32.5. The molecule has 0 saturated heterocycles. The van der Waals surface area contributed by atoms with Gasteiger partial charge in [-0.25, -0.2) is 4.79 Å². The topological polar surface area (TPSA) is 65.1 Å². The molecule has 0 N–H and O–H groups in total. The van der Waals surface area contributed by atoms with Crippen molar-refractivity contribution in [2.75, 3.05) is 11.4 Å². The zero-order valence-corrected chi connectivity index (χ0v) is 15.8. The maximum atomic E-state index is 13.1. The fraction of sp³-hybridized carbons (Fsp3) is 0.350. The Bertz CT molecular complexity index is 1170. The van der Waals surface area contributed by atoms with E-state index in [0.717, 1.165) is 17.8 Å². The van der Waals surface area contributed by atoms with Crippen molar-refractivity contribution in [2.45, 2.75) is 26.9 Å². The monoisotopic (exact) mass is 365 g/mol. The summed E-state index contributed by atoms with van der Waals surface area (Å²) in [6.07, 6.45) is 1.56. The normalized spacial score (nSPS) is 16.6. The van der Waals surface area contributed by atoms with Crippen molar-refractivity contribution in [1.82, 2.24) is 18.7 Å². The zero-order chi connectivity index (χ0) is 19.3. The molecule has 3 aromatic rings. The van der Waals surface area contributed by atoms with E-state index in [0.29, 0.717) is 29.6 Å². The number of nitrogens with zero attached hydrogens (tertiary/aromatic N) is 5. The van der Waals surface area contributed by atoms with Crippen LogP contribution in [0, 0.1) is 12.8 Å². The molecule has 0 radical (unpaired) electrons. The van der Waals surface area contributed by atoms with Crippen molar-refractivity contribution >= 4 is 22.8 Å². The van der Waals surface area contributed by atoms with Gasteiger partial charge in [-0.1, -0.05) is 31.2 Å². The lowest BCUT2D eigenvalue weighted by molar-refractivity contribution is 0.457. The molecule has 0 fully saturated rings. The Kier molecular flexibility index (Phi) is 4.02. The van der Waals surface area contributed by atoms with Crippen LogP contribution in [0.15, 0.2) is 46.5 Å². The van der Waals surface area contributed by atoms with Crippen LogP contribution in [-0.4, -0.2) is 25.2 Å². The number of aromatic nitrogens is 4. The molecule has 27 heavy (non-hydrogen) atoms. The molecule has 140 valence electrons. The average molecular weight is 365 g/mol. The van der Waals surface area contributed by atoms with Crippen molar-refractivity contribution < 1.29 is 0 Å². The van der Waals surface area contributed by atoms with Gasteiger partial charge in [-0.05, 0) is 24.5 Å². The molecule has 0 amide bonds. The standard InChI is InChI=1S/C20H23N5O2/c1-5-10-23-18(26)16-17(22(4)20(23)27)21-19-24(11-13(2)12-25(16)19)15-9-7-6-8-14(15)3/h5-9,13H,1,10-12H2,2-4H3/t13-/m1/s1. The zero-order valence-electron chi connectivity index (χ0n) is 15.8. The number of allylic oxidation sites excluding steroid dienone is 1. The van der Waals surface area contributed by atoms with Gasteiger partial charge in [0.25, 0.3) is 5.56 Å². The molecule has 7 heteroatoms. The van der Waals surface area contributed by atoms with Crippen LogP contribution in [-0.2, 0) is 20.1 Å². The first kappa shape index (κ1) is 17.3. The summed E-state index contributed by atoms with van der Waals surface area (Å²) in [5, 5.41) is 0. The van der Waals surface area contributed by atoms with Crippen LogP contribution in [0.2, 0.25) is 0 Å². The number of imidazole rings is 1. The van der Waals surface area contributed by atoms with Gasteiger partial charge < -0.3 is 9.47 Å². The third-order valence-electron chi connectivity index (χ3n) is 5.16. The second-order valence-corrected chi connectivity index (χ2v) is 7.24. The van der Waals surface area contributed by atoms with Crippen LogP contribution >= 0.6 is 0 Å². The fourth-order valence-electron chi connectivity index (χ4n) is 3.86. The number of aryl methyl sites for hydroxylation is 2. The Morgan fingerprint density at radius 3 is 2.70 bits per heavy atom. The first-order valence-electron chi connectivity index (χ1n) is 9.08. The van der Waals surface area contributed by atoms with E-state index in [-0.39, 0.29) is 17.8 Å². The van der Waals surface area contributed by atoms with E-state index < -0.39 is 0 Å². The fourth-order valence-corrected chi connectivity index (χ4v) is 3.86. The number of para-hydroxylation sites is 1. The lowest BCUT2D eigenvalue weighted by Crippen LogP contribution is -2.40. The van der Waals surface area contributed by atoms with Crippen molar-refractivity contribution in [3.8, 4) is 0 Å². The van der Waals surface area contributed by atoms with Crippen LogP contribution in [0.4, 0.5) is 11.6 Å². The number of anilines is 2. The van der Waals surface area contributed by atoms with Crippen LogP contribution < -0.4 is 16.1 Å². The SMILES string of the molecule is C=CCn1c(=O)c2c(nc3n2C[C@H](C)CN3c2ccccc2C)n(C)c1=O. The highest BCUT2D eigenvalue weighted by molar-refractivity contribution is 5.77. The van der Waals surface area contributed by atoms with Gasteiger partial charge in [-0.2, -0.15) is 4.98 Å². The number of benzene rings is 1. The van der Waals surface area contributed by atoms with Gasteiger partial charge in [0.1, 0.15) is 0 Å². The molecular weight excluding hydrogens is 342 g/mol. The van der Waals surface area contributed by atoms with Crippen molar-refractivity contribution in [1.29, 1.82) is 0 Å². The number of hydrogen-bond donors (Lipinski definition) is 0. The summed E-state index contributed by atoms with van der Waals surface area (Å²) in [6, 6.07) is 8.13. The molecule has 1 aliphatic heterocycles. The third-order valence-corrected chi connectivity index (χ3v) is 5.16. The van der Waals surface area contributed by atoms with E-state index in [2.05, 4.69) is 37.5 Å². The average Bonchev–Trinajstić information content (AvgIpc) is 3.03. The Morgan fingerprint density at radius 1 is 1.26 bits per heavy atom. The van der Waals surface area contributed by atoms with Crippen LogP contribution in [0.3, 0.4) is 0 Å². The van der Waals surface area contributed by atoms with Gasteiger partial charge in [-0.15, -0.1) is 6.58 Å². The quantitative estimate of drug-likeness (QED) is 0.668. The summed E-state index contributed by atoms with van der Waals surface area (Å²) in [6.45, 7) is 9.56. The van der Waals surface area contributed by atoms with Gasteiger partial charge in [0.15, 0.2) is 11.2 Å². The minimum atomic E-state index is -0.377. The molecule has 1 aromatic carbocycles. The molecule has 2 aromatic heterocycles. The Balaban J connectivity index is 2.05. The molecule has 0 bridgehead atoms. The van der Waals surface area contributed by atoms with Crippen LogP contribution in [0.5, 0.6) is 0 Å². The van der Waals surface area contributed by atoms with Crippen molar-refractivity contribution in [3.05, 3.63) is 63.3 Å². The Labute approximate surface area is 156 Å². The van der Waals surface area contributed by atoms with Crippen molar-refractivity contribution in [2.24, 2.45) is 13.0 Å². The second-order valence-electron chi connectivity index (χ2n) is 7.24. The van der Waals surface area contributed by atoms with Gasteiger partial charge in [0.05, 0.1) is 0 Å². The maximum absolute atomic E-state index is 13.1. The van der Waals surface area contributed by atoms with E-state index in [9.17, 15) is 9.59 Å². The lowest BCUT2D eigenvalue weighted by atomic mass is 10.1. The summed E-state index contributed by atoms with van der Waals surface area (Å²) in [5.74, 6) is 1.04. The summed E-state index contributed by atoms with van der Waals surface area (Å²) >= 11 is 0. The smallest absolute Gasteiger partial charge is 0.311 e. The first-order chi connectivity index (χ1) is 12.9. The number of fused-ring (bicyclic) bond motifs is 3. The highest BCUT2D eigenvalue weighted by Gasteiger charge is 2.30. The maximum Gasteiger partial charge on any atom is 0.332 e. The molecule has 4 rings (SSSR count). The summed E-state index contributed by atoms with van der Waals surface area (Å²) in [5.41, 5.74) is 2.41. The summed E-state index contributed by atoms with van der Waals surface area (Å²) in [7, 11) is 1.66. The molecule has 0 spiro atoms. The van der Waals surface area contributed by atoms with Gasteiger partial charge >= 0.3 is 5.69 Å². The lowest BCUT2D eigenvalue weighted by Gasteiger charge is -2.33. The molecule has 0 saturated carbocycles. The van der Waals surface area contributed by atoms with Crippen LogP contribution in [0.1, 0.15) is 12.5 Å². The highest BCUT2D eigenvalue weighted by Crippen LogP contribution is 2.34. The Hall–Kier alpha value is -3.09. The van der Waals surface area contributed by atoms with Gasteiger partial charge in [-0.3, -0.25) is 13.9 Å². The predicted octanol–water partition coefficient (Wildman–Crippen LogP) is 2.18. The van der Waals surface area contributed by atoms with E-state index in [1.807, 2.05) is 16.7 Å². The highest BCUT2D eigenvalue weighted by atomic mass is 16.2. The number of hydrogen-bond acceptors (Lipinski definition) is 4. The minimum absolute atomic E-state index is 0.180. The third kappa shape index (κ3) is 2.53. The van der Waals surface area contributed by atoms with E-state index in [1.54, 1.807) is 13.1 Å². The molecular formula is C20H23N5O2. The predicted molar refractivity (Wildman–Crippen MR) is 107 cm³/mol. The molecule has 7 nitrogen and oxygen atoms in total. The second kappa shape index (κ2) is 6.26. The number of rotatable bonds is 3. The molecule has 1 atom stereocenters. The molecule has 0 unspecified atom stereocenters. The largest absolute Gasteiger partial charge is 0.332 e. The van der Waals surface area contributed by atoms with E-state index in [1.165, 1.54) is 9.13 Å². The first-order valence-corrected chi connectivity index (χ1v) is 9.08. The minimum Gasteiger partial charge on any atom is -0.311 e. The van der Waals surface area contributed by atoms with Gasteiger partial charge in [0.2, 0.25) is 5.95 Å². The van der Waals surface area contributed by atoms with Gasteiger partial charge in [0, 0.05) is 32.4 Å². The molecule has 3 heterocycles. The summed E-state index contributed by atoms with van der Waals surface area (Å²) < 4.78 is 4.62. The van der Waals surface area contributed by atoms with Crippen molar-refractivity contribution in [3.63, 3.8) is 0 Å². The Morgan fingerprint density at radius 2 is 2.00 bits per heavy atom. The van der Waals surface area contributed by atoms with E-state index >= 15 is 0 Å². The van der Waals surface area contributed by atoms with Crippen LogP contribution in [0.25, 0.3) is 11.2 Å². The molecule has 1 aliphatic rings.